The Morgan fingerprint density at radius 1 is 1.17 bits per heavy atom. The third-order valence-electron chi connectivity index (χ3n) is 3.55. The number of nitrogens with two attached hydrogens (primary N) is 1. The molecule has 0 saturated heterocycles. The highest BCUT2D eigenvalue weighted by Gasteiger charge is 2.15. The second-order valence-corrected chi connectivity index (χ2v) is 5.32. The van der Waals surface area contributed by atoms with Crippen LogP contribution >= 0.6 is 11.6 Å². The summed E-state index contributed by atoms with van der Waals surface area (Å²) in [5, 5.41) is 0.763. The third-order valence-corrected chi connectivity index (χ3v) is 3.78. The van der Waals surface area contributed by atoms with Gasteiger partial charge in [0.2, 0.25) is 0 Å². The molecule has 98 valence electrons. The Hall–Kier alpha value is -0.830. The first-order chi connectivity index (χ1) is 8.81. The van der Waals surface area contributed by atoms with E-state index in [1.165, 1.54) is 31.3 Å². The van der Waals surface area contributed by atoms with Gasteiger partial charge in [0.1, 0.15) is 0 Å². The van der Waals surface area contributed by atoms with Crippen LogP contribution in [0.3, 0.4) is 0 Å². The van der Waals surface area contributed by atoms with Crippen LogP contribution in [0.25, 0.3) is 0 Å². The molecule has 0 fully saturated rings. The summed E-state index contributed by atoms with van der Waals surface area (Å²) in [6, 6.07) is 8.04. The van der Waals surface area contributed by atoms with Gasteiger partial charge in [-0.3, -0.25) is 5.84 Å². The lowest BCUT2D eigenvalue weighted by atomic mass is 9.91. The molecule has 0 bridgehead atoms. The van der Waals surface area contributed by atoms with E-state index in [9.17, 15) is 0 Å². The SMILES string of the molecule is NNC(/C1=C/CCCCCC1)c1cccc(Cl)c1. The van der Waals surface area contributed by atoms with Gasteiger partial charge in [-0.15, -0.1) is 0 Å². The van der Waals surface area contributed by atoms with E-state index in [0.717, 1.165) is 23.4 Å². The van der Waals surface area contributed by atoms with E-state index < -0.39 is 0 Å². The van der Waals surface area contributed by atoms with Crippen LogP contribution in [0.1, 0.15) is 50.1 Å². The van der Waals surface area contributed by atoms with Gasteiger partial charge in [0, 0.05) is 5.02 Å². The maximum Gasteiger partial charge on any atom is 0.0670 e. The Balaban J connectivity index is 2.21. The quantitative estimate of drug-likeness (QED) is 0.490. The summed E-state index contributed by atoms with van der Waals surface area (Å²) in [5.41, 5.74) is 5.49. The van der Waals surface area contributed by atoms with Gasteiger partial charge >= 0.3 is 0 Å². The summed E-state index contributed by atoms with van der Waals surface area (Å²) < 4.78 is 0. The number of hydrogen-bond acceptors (Lipinski definition) is 2. The zero-order valence-electron chi connectivity index (χ0n) is 10.7. The number of allylic oxidation sites excluding steroid dienone is 1. The first kappa shape index (κ1) is 13.6. The number of rotatable bonds is 3. The molecule has 0 heterocycles. The molecule has 0 aromatic heterocycles. The highest BCUT2D eigenvalue weighted by molar-refractivity contribution is 6.30. The minimum atomic E-state index is 0.0989. The number of halogens is 1. The van der Waals surface area contributed by atoms with E-state index in [2.05, 4.69) is 17.6 Å². The summed E-state index contributed by atoms with van der Waals surface area (Å²) in [6.45, 7) is 0. The number of hydrazine groups is 1. The Morgan fingerprint density at radius 3 is 2.78 bits per heavy atom. The molecular formula is C15H21ClN2. The van der Waals surface area contributed by atoms with Gasteiger partial charge in [0.25, 0.3) is 0 Å². The van der Waals surface area contributed by atoms with Crippen molar-refractivity contribution in [1.29, 1.82) is 0 Å². The predicted molar refractivity (Wildman–Crippen MR) is 77.3 cm³/mol. The molecule has 2 nitrogen and oxygen atoms in total. The lowest BCUT2D eigenvalue weighted by molar-refractivity contribution is 0.555. The second kappa shape index (κ2) is 6.93. The normalized spacial score (nSPS) is 21.6. The van der Waals surface area contributed by atoms with E-state index in [4.69, 9.17) is 17.4 Å². The molecule has 2 rings (SSSR count). The molecule has 0 spiro atoms. The lowest BCUT2D eigenvalue weighted by Crippen LogP contribution is -2.29. The molecular weight excluding hydrogens is 244 g/mol. The molecule has 0 amide bonds. The molecule has 0 radical (unpaired) electrons. The molecule has 3 heteroatoms. The summed E-state index contributed by atoms with van der Waals surface area (Å²) in [5.74, 6) is 5.74. The average Bonchev–Trinajstić information content (AvgIpc) is 2.32. The summed E-state index contributed by atoms with van der Waals surface area (Å²) in [6.07, 6.45) is 9.85. The predicted octanol–water partition coefficient (Wildman–Crippen LogP) is 4.13. The van der Waals surface area contributed by atoms with E-state index in [1.54, 1.807) is 0 Å². The smallest absolute Gasteiger partial charge is 0.0670 e. The van der Waals surface area contributed by atoms with E-state index in [1.807, 2.05) is 18.2 Å². The van der Waals surface area contributed by atoms with Crippen LogP contribution in [0.15, 0.2) is 35.9 Å². The molecule has 3 N–H and O–H groups in total. The molecule has 1 aliphatic carbocycles. The van der Waals surface area contributed by atoms with Gasteiger partial charge in [0.05, 0.1) is 6.04 Å². The fraction of sp³-hybridized carbons (Fsp3) is 0.467. The van der Waals surface area contributed by atoms with Crippen LogP contribution in [-0.2, 0) is 0 Å². The standard InChI is InChI=1S/C15H21ClN2/c16-14-10-6-9-13(11-14)15(18-17)12-7-4-2-1-3-5-8-12/h6-7,9-11,15,18H,1-5,8,17H2/b12-7+. The van der Waals surface area contributed by atoms with Crippen LogP contribution in [0.4, 0.5) is 0 Å². The van der Waals surface area contributed by atoms with Crippen LogP contribution in [0.2, 0.25) is 5.02 Å². The minimum absolute atomic E-state index is 0.0989. The molecule has 1 aromatic rings. The maximum atomic E-state index is 6.06. The van der Waals surface area contributed by atoms with Gasteiger partial charge in [-0.05, 0) is 43.4 Å². The van der Waals surface area contributed by atoms with Crippen molar-refractivity contribution in [3.63, 3.8) is 0 Å². The van der Waals surface area contributed by atoms with Crippen molar-refractivity contribution in [3.05, 3.63) is 46.5 Å². The molecule has 1 aliphatic rings. The topological polar surface area (TPSA) is 38.0 Å². The Kier molecular flexibility index (Phi) is 5.24. The van der Waals surface area contributed by atoms with Crippen LogP contribution in [-0.4, -0.2) is 0 Å². The Morgan fingerprint density at radius 2 is 2.00 bits per heavy atom. The molecule has 1 aromatic carbocycles. The number of nitrogens with one attached hydrogen (secondary N) is 1. The van der Waals surface area contributed by atoms with Gasteiger partial charge in [-0.25, -0.2) is 5.43 Å². The maximum absolute atomic E-state index is 6.06. The third kappa shape index (κ3) is 3.58. The van der Waals surface area contributed by atoms with Crippen molar-refractivity contribution < 1.29 is 0 Å². The van der Waals surface area contributed by atoms with Crippen molar-refractivity contribution in [2.75, 3.05) is 0 Å². The lowest BCUT2D eigenvalue weighted by Gasteiger charge is -2.22. The van der Waals surface area contributed by atoms with Crippen LogP contribution < -0.4 is 11.3 Å². The summed E-state index contributed by atoms with van der Waals surface area (Å²) in [7, 11) is 0. The first-order valence-corrected chi connectivity index (χ1v) is 7.09. The van der Waals surface area contributed by atoms with Crippen LogP contribution in [0, 0.1) is 0 Å². The number of hydrogen-bond donors (Lipinski definition) is 2. The van der Waals surface area contributed by atoms with E-state index in [0.29, 0.717) is 0 Å². The van der Waals surface area contributed by atoms with Crippen molar-refractivity contribution in [3.8, 4) is 0 Å². The second-order valence-electron chi connectivity index (χ2n) is 4.89. The zero-order chi connectivity index (χ0) is 12.8. The zero-order valence-corrected chi connectivity index (χ0v) is 11.4. The largest absolute Gasteiger partial charge is 0.271 e. The van der Waals surface area contributed by atoms with E-state index >= 15 is 0 Å². The van der Waals surface area contributed by atoms with Crippen molar-refractivity contribution in [2.24, 2.45) is 5.84 Å². The fourth-order valence-corrected chi connectivity index (χ4v) is 2.78. The van der Waals surface area contributed by atoms with Crippen molar-refractivity contribution >= 4 is 11.6 Å². The monoisotopic (exact) mass is 264 g/mol. The van der Waals surface area contributed by atoms with E-state index in [-0.39, 0.29) is 6.04 Å². The van der Waals surface area contributed by atoms with Crippen molar-refractivity contribution in [1.82, 2.24) is 5.43 Å². The van der Waals surface area contributed by atoms with Gasteiger partial charge < -0.3 is 0 Å². The summed E-state index contributed by atoms with van der Waals surface area (Å²) in [4.78, 5) is 0. The average molecular weight is 265 g/mol. The fourth-order valence-electron chi connectivity index (χ4n) is 2.58. The highest BCUT2D eigenvalue weighted by atomic mass is 35.5. The van der Waals surface area contributed by atoms with Crippen molar-refractivity contribution in [2.45, 2.75) is 44.6 Å². The number of benzene rings is 1. The minimum Gasteiger partial charge on any atom is -0.271 e. The molecule has 1 unspecified atom stereocenters. The molecule has 1 atom stereocenters. The first-order valence-electron chi connectivity index (χ1n) is 6.72. The summed E-state index contributed by atoms with van der Waals surface area (Å²) >= 11 is 6.06. The Labute approximate surface area is 114 Å². The Bertz CT molecular complexity index is 415. The van der Waals surface area contributed by atoms with Gasteiger partial charge in [0.15, 0.2) is 0 Å². The van der Waals surface area contributed by atoms with Crippen LogP contribution in [0.5, 0.6) is 0 Å². The molecule has 0 aliphatic heterocycles. The molecule has 0 saturated carbocycles. The molecule has 18 heavy (non-hydrogen) atoms. The van der Waals surface area contributed by atoms with Gasteiger partial charge in [-0.1, -0.05) is 48.2 Å². The highest BCUT2D eigenvalue weighted by Crippen LogP contribution is 2.29. The van der Waals surface area contributed by atoms with Gasteiger partial charge in [-0.2, -0.15) is 0 Å².